The number of nitrogens with zero attached hydrogens (tertiary/aromatic N) is 2. The molecule has 1 aromatic heterocycles. The Morgan fingerprint density at radius 1 is 1.22 bits per heavy atom. The van der Waals surface area contributed by atoms with Crippen LogP contribution in [0, 0.1) is 23.2 Å². The minimum atomic E-state index is -4.83. The molecule has 2 unspecified atom stereocenters. The minimum Gasteiger partial charge on any atom is -0.449 e. The molecule has 4 fully saturated rings. The molecular formula is C24H32F3N5O4. The summed E-state index contributed by atoms with van der Waals surface area (Å²) in [7, 11) is 0. The minimum absolute atomic E-state index is 0.0967. The lowest BCUT2D eigenvalue weighted by molar-refractivity contribution is -0.143. The molecule has 0 spiro atoms. The predicted octanol–water partition coefficient (Wildman–Crippen LogP) is 3.31. The van der Waals surface area contributed by atoms with E-state index in [-0.39, 0.29) is 35.8 Å². The summed E-state index contributed by atoms with van der Waals surface area (Å²) in [5.41, 5.74) is 2.33. The molecule has 0 aliphatic heterocycles. The fourth-order valence-electron chi connectivity index (χ4n) is 6.73. The van der Waals surface area contributed by atoms with Crippen molar-refractivity contribution >= 4 is 24.1 Å². The number of carbonyl (C=O) groups excluding carboxylic acids is 3. The van der Waals surface area contributed by atoms with Gasteiger partial charge in [0, 0.05) is 24.6 Å². The Morgan fingerprint density at radius 3 is 2.42 bits per heavy atom. The van der Waals surface area contributed by atoms with Crippen LogP contribution in [0.5, 0.6) is 0 Å². The first-order chi connectivity index (χ1) is 16.7. The lowest BCUT2D eigenvalue weighted by Crippen LogP contribution is -2.60. The van der Waals surface area contributed by atoms with Crippen molar-refractivity contribution in [3.8, 4) is 0 Å². The maximum atomic E-state index is 14.0. The summed E-state index contributed by atoms with van der Waals surface area (Å²) in [6.07, 6.45) is 1.90. The lowest BCUT2D eigenvalue weighted by Gasteiger charge is -2.59. The summed E-state index contributed by atoms with van der Waals surface area (Å²) in [5, 5.41) is 9.29. The molecule has 12 heteroatoms. The van der Waals surface area contributed by atoms with Gasteiger partial charge in [-0.2, -0.15) is 18.3 Å². The largest absolute Gasteiger partial charge is 0.449 e. The zero-order valence-corrected chi connectivity index (χ0v) is 20.5. The summed E-state index contributed by atoms with van der Waals surface area (Å²) in [4.78, 5) is 35.6. The molecule has 0 saturated heterocycles. The van der Waals surface area contributed by atoms with Crippen molar-refractivity contribution in [2.75, 3.05) is 6.61 Å². The van der Waals surface area contributed by atoms with E-state index in [0.29, 0.717) is 10.6 Å². The third-order valence-corrected chi connectivity index (χ3v) is 7.66. The molecule has 198 valence electrons. The first kappa shape index (κ1) is 26.0. The van der Waals surface area contributed by atoms with Crippen LogP contribution >= 0.6 is 0 Å². The molecule has 3 amide bonds. The van der Waals surface area contributed by atoms with Gasteiger partial charge in [-0.3, -0.25) is 9.59 Å². The molecule has 4 aliphatic carbocycles. The Kier molecular flexibility index (Phi) is 6.59. The van der Waals surface area contributed by atoms with E-state index in [1.807, 2.05) is 0 Å². The van der Waals surface area contributed by atoms with Gasteiger partial charge in [-0.05, 0) is 69.8 Å². The van der Waals surface area contributed by atoms with Crippen LogP contribution in [-0.4, -0.2) is 45.9 Å². The Labute approximate surface area is 207 Å². The van der Waals surface area contributed by atoms with E-state index in [1.165, 1.54) is 13.0 Å². The number of alkyl halides is 3. The fourth-order valence-corrected chi connectivity index (χ4v) is 6.73. The van der Waals surface area contributed by atoms with Crippen molar-refractivity contribution in [3.05, 3.63) is 23.5 Å². The molecule has 4 N–H and O–H groups in total. The lowest BCUT2D eigenvalue weighted by atomic mass is 9.48. The number of ether oxygens (including phenoxy) is 1. The van der Waals surface area contributed by atoms with Gasteiger partial charge in [-0.15, -0.1) is 0 Å². The van der Waals surface area contributed by atoms with Gasteiger partial charge in [0.1, 0.15) is 0 Å². The fraction of sp³-hybridized carbons (Fsp3) is 0.667. The summed E-state index contributed by atoms with van der Waals surface area (Å²) in [6, 6.07) is -0.255. The highest BCUT2D eigenvalue weighted by molar-refractivity contribution is 5.95. The summed E-state index contributed by atoms with van der Waals surface area (Å²) in [6.45, 7) is 4.80. The normalized spacial score (nSPS) is 29.4. The van der Waals surface area contributed by atoms with Crippen LogP contribution in [0.3, 0.4) is 0 Å². The van der Waals surface area contributed by atoms with E-state index in [4.69, 9.17) is 10.5 Å². The van der Waals surface area contributed by atoms with Crippen LogP contribution < -0.4 is 16.4 Å². The van der Waals surface area contributed by atoms with Crippen LogP contribution in [0.1, 0.15) is 68.9 Å². The summed E-state index contributed by atoms with van der Waals surface area (Å²) < 4.78 is 47.7. The Balaban J connectivity index is 1.53. The van der Waals surface area contributed by atoms with Crippen molar-refractivity contribution in [2.24, 2.45) is 28.9 Å². The molecular weight excluding hydrogens is 479 g/mol. The molecule has 1 aromatic rings. The van der Waals surface area contributed by atoms with Crippen LogP contribution in [0.2, 0.25) is 0 Å². The topological polar surface area (TPSA) is 128 Å². The zero-order chi connectivity index (χ0) is 26.5. The van der Waals surface area contributed by atoms with E-state index >= 15 is 0 Å². The van der Waals surface area contributed by atoms with E-state index < -0.39 is 35.0 Å². The molecule has 0 radical (unpaired) electrons. The van der Waals surface area contributed by atoms with Crippen molar-refractivity contribution in [1.29, 1.82) is 0 Å². The van der Waals surface area contributed by atoms with Crippen molar-refractivity contribution in [3.63, 3.8) is 0 Å². The number of hydrogen-bond donors (Lipinski definition) is 3. The standard InChI is InChI=1S/C24H32F3N5O4/c1-13(33)31-22(2,3)4-5-32-19(24(25,26)27)17(11-29-32)20(34)30-18-15-6-14-7-16(18)10-23(8-14,9-15)12-36-21(28)35/h4-5,11,14-16,18H,6-10,12H2,1-3H3,(H2,28,35)(H,30,34)(H,31,33)/b5-4+. The highest BCUT2D eigenvalue weighted by atomic mass is 19.4. The average Bonchev–Trinajstić information content (AvgIpc) is 3.17. The summed E-state index contributed by atoms with van der Waals surface area (Å²) >= 11 is 0. The highest BCUT2D eigenvalue weighted by Gasteiger charge is 2.56. The van der Waals surface area contributed by atoms with Crippen LogP contribution in [0.4, 0.5) is 18.0 Å². The molecule has 0 aromatic carbocycles. The Bertz CT molecular complexity index is 1060. The predicted molar refractivity (Wildman–Crippen MR) is 123 cm³/mol. The number of rotatable bonds is 7. The van der Waals surface area contributed by atoms with Crippen molar-refractivity contribution < 1.29 is 32.3 Å². The van der Waals surface area contributed by atoms with E-state index in [2.05, 4.69) is 15.7 Å². The zero-order valence-electron chi connectivity index (χ0n) is 20.5. The number of nitrogens with one attached hydrogen (secondary N) is 2. The Morgan fingerprint density at radius 2 is 1.86 bits per heavy atom. The molecule has 9 nitrogen and oxygen atoms in total. The quantitative estimate of drug-likeness (QED) is 0.518. The first-order valence-electron chi connectivity index (χ1n) is 12.0. The van der Waals surface area contributed by atoms with Crippen molar-refractivity contribution in [1.82, 2.24) is 20.4 Å². The van der Waals surface area contributed by atoms with Gasteiger partial charge in [-0.25, -0.2) is 9.48 Å². The van der Waals surface area contributed by atoms with Crippen LogP contribution in [0.15, 0.2) is 12.3 Å². The number of hydrogen-bond acceptors (Lipinski definition) is 5. The molecule has 5 rings (SSSR count). The number of halogens is 3. The molecule has 1 heterocycles. The van der Waals surface area contributed by atoms with Gasteiger partial charge in [0.05, 0.1) is 23.9 Å². The number of amides is 3. The summed E-state index contributed by atoms with van der Waals surface area (Å²) in [5.74, 6) is -0.514. The van der Waals surface area contributed by atoms with E-state index in [0.717, 1.165) is 44.5 Å². The number of primary amides is 1. The number of carbonyl (C=O) groups is 3. The van der Waals surface area contributed by atoms with E-state index in [1.54, 1.807) is 13.8 Å². The molecule has 4 saturated carbocycles. The van der Waals surface area contributed by atoms with Gasteiger partial charge in [0.25, 0.3) is 5.91 Å². The molecule has 4 bridgehead atoms. The van der Waals surface area contributed by atoms with Gasteiger partial charge >= 0.3 is 12.3 Å². The third kappa shape index (κ3) is 5.36. The smallest absolute Gasteiger partial charge is 0.434 e. The SMILES string of the molecule is CC(=O)NC(C)(C)/C=C/n1ncc(C(=O)NC2C3CC4CC2CC(COC(N)=O)(C4)C3)c1C(F)(F)F. The maximum Gasteiger partial charge on any atom is 0.434 e. The molecule has 36 heavy (non-hydrogen) atoms. The van der Waals surface area contributed by atoms with Crippen molar-refractivity contribution in [2.45, 2.75) is 70.6 Å². The third-order valence-electron chi connectivity index (χ3n) is 7.66. The second-order valence-electron chi connectivity index (χ2n) is 11.1. The molecule has 4 aliphatic rings. The first-order valence-corrected chi connectivity index (χ1v) is 12.0. The highest BCUT2D eigenvalue weighted by Crippen LogP contribution is 2.60. The maximum absolute atomic E-state index is 14.0. The number of nitrogens with two attached hydrogens (primary N) is 1. The van der Waals surface area contributed by atoms with E-state index in [9.17, 15) is 27.6 Å². The van der Waals surface area contributed by atoms with Gasteiger partial charge < -0.3 is 21.1 Å². The van der Waals surface area contributed by atoms with Crippen LogP contribution in [-0.2, 0) is 15.7 Å². The van der Waals surface area contributed by atoms with Crippen LogP contribution in [0.25, 0.3) is 6.20 Å². The van der Waals surface area contributed by atoms with Gasteiger partial charge in [0.15, 0.2) is 5.69 Å². The van der Waals surface area contributed by atoms with Gasteiger partial charge in [0.2, 0.25) is 5.91 Å². The molecule has 2 atom stereocenters. The number of aromatic nitrogens is 2. The Hall–Kier alpha value is -3.05. The average molecular weight is 512 g/mol. The van der Waals surface area contributed by atoms with Gasteiger partial charge in [-0.1, -0.05) is 0 Å². The second kappa shape index (κ2) is 9.11. The monoisotopic (exact) mass is 511 g/mol. The second-order valence-corrected chi connectivity index (χ2v) is 11.1.